The molecule has 0 spiro atoms. The van der Waals surface area contributed by atoms with Gasteiger partial charge in [-0.15, -0.1) is 6.58 Å². The van der Waals surface area contributed by atoms with Gasteiger partial charge in [-0.2, -0.15) is 0 Å². The van der Waals surface area contributed by atoms with Crippen molar-refractivity contribution in [2.75, 3.05) is 20.6 Å². The summed E-state index contributed by atoms with van der Waals surface area (Å²) < 4.78 is 0. The SMILES string of the molecule is C=CCCCC(NCCC)C1(N(C)C)CCCCC1. The fourth-order valence-electron chi connectivity index (χ4n) is 3.62. The lowest BCUT2D eigenvalue weighted by molar-refractivity contribution is 0.0528. The van der Waals surface area contributed by atoms with E-state index in [9.17, 15) is 0 Å². The number of unbranched alkanes of at least 4 members (excludes halogenated alkanes) is 1. The van der Waals surface area contributed by atoms with Crippen molar-refractivity contribution in [2.24, 2.45) is 0 Å². The van der Waals surface area contributed by atoms with Crippen molar-refractivity contribution in [1.29, 1.82) is 0 Å². The largest absolute Gasteiger partial charge is 0.312 e. The summed E-state index contributed by atoms with van der Waals surface area (Å²) in [5.74, 6) is 0. The molecule has 1 atom stereocenters. The van der Waals surface area contributed by atoms with Crippen LogP contribution in [0.15, 0.2) is 12.7 Å². The van der Waals surface area contributed by atoms with Crippen LogP contribution in [-0.2, 0) is 0 Å². The summed E-state index contributed by atoms with van der Waals surface area (Å²) in [6.45, 7) is 7.26. The maximum Gasteiger partial charge on any atom is 0.0356 e. The van der Waals surface area contributed by atoms with Crippen LogP contribution in [-0.4, -0.2) is 37.1 Å². The molecule has 1 rings (SSSR count). The third-order valence-electron chi connectivity index (χ3n) is 4.80. The van der Waals surface area contributed by atoms with Crippen molar-refractivity contribution >= 4 is 0 Å². The van der Waals surface area contributed by atoms with Gasteiger partial charge in [0.25, 0.3) is 0 Å². The number of allylic oxidation sites excluding steroid dienone is 1. The predicted molar refractivity (Wildman–Crippen MR) is 85.6 cm³/mol. The minimum absolute atomic E-state index is 0.384. The van der Waals surface area contributed by atoms with E-state index in [0.29, 0.717) is 11.6 Å². The van der Waals surface area contributed by atoms with Gasteiger partial charge >= 0.3 is 0 Å². The second kappa shape index (κ2) is 8.76. The van der Waals surface area contributed by atoms with Gasteiger partial charge < -0.3 is 10.2 Å². The standard InChI is InChI=1S/C17H34N2/c1-5-7-9-12-16(18-15-6-2)17(19(3)4)13-10-8-11-14-17/h5,16,18H,1,6-15H2,2-4H3. The van der Waals surface area contributed by atoms with Crippen LogP contribution in [0.2, 0.25) is 0 Å². The van der Waals surface area contributed by atoms with Crippen LogP contribution in [0.3, 0.4) is 0 Å². The van der Waals surface area contributed by atoms with Gasteiger partial charge in [0.05, 0.1) is 0 Å². The molecule has 0 saturated heterocycles. The molecule has 0 aromatic carbocycles. The highest BCUT2D eigenvalue weighted by Gasteiger charge is 2.40. The van der Waals surface area contributed by atoms with Crippen molar-refractivity contribution in [2.45, 2.75) is 76.3 Å². The Labute approximate surface area is 120 Å². The Morgan fingerprint density at radius 1 is 1.26 bits per heavy atom. The molecule has 0 heterocycles. The molecule has 0 radical (unpaired) electrons. The average Bonchev–Trinajstić information content (AvgIpc) is 2.43. The topological polar surface area (TPSA) is 15.3 Å². The first kappa shape index (κ1) is 16.7. The molecule has 1 unspecified atom stereocenters. The van der Waals surface area contributed by atoms with Crippen LogP contribution in [0.25, 0.3) is 0 Å². The van der Waals surface area contributed by atoms with Gasteiger partial charge in [-0.1, -0.05) is 32.3 Å². The summed E-state index contributed by atoms with van der Waals surface area (Å²) in [5.41, 5.74) is 0.384. The van der Waals surface area contributed by atoms with Gasteiger partial charge in [-0.3, -0.25) is 0 Å². The first-order valence-corrected chi connectivity index (χ1v) is 8.19. The third-order valence-corrected chi connectivity index (χ3v) is 4.80. The zero-order valence-electron chi connectivity index (χ0n) is 13.4. The summed E-state index contributed by atoms with van der Waals surface area (Å²) in [6.07, 6.45) is 13.9. The summed E-state index contributed by atoms with van der Waals surface area (Å²) in [4.78, 5) is 2.51. The van der Waals surface area contributed by atoms with Crippen LogP contribution < -0.4 is 5.32 Å². The van der Waals surface area contributed by atoms with Crippen molar-refractivity contribution < 1.29 is 0 Å². The average molecular weight is 266 g/mol. The molecule has 2 heteroatoms. The molecule has 112 valence electrons. The quantitative estimate of drug-likeness (QED) is 0.502. The van der Waals surface area contributed by atoms with Crippen molar-refractivity contribution in [1.82, 2.24) is 10.2 Å². The van der Waals surface area contributed by atoms with Crippen molar-refractivity contribution in [3.63, 3.8) is 0 Å². The van der Waals surface area contributed by atoms with Crippen LogP contribution in [0.1, 0.15) is 64.7 Å². The highest BCUT2D eigenvalue weighted by atomic mass is 15.2. The van der Waals surface area contributed by atoms with Crippen LogP contribution in [0.4, 0.5) is 0 Å². The molecule has 1 aliphatic carbocycles. The third kappa shape index (κ3) is 4.61. The molecule has 1 N–H and O–H groups in total. The monoisotopic (exact) mass is 266 g/mol. The van der Waals surface area contributed by atoms with E-state index < -0.39 is 0 Å². The summed E-state index contributed by atoms with van der Waals surface area (Å²) in [6, 6.07) is 0.641. The van der Waals surface area contributed by atoms with E-state index in [-0.39, 0.29) is 0 Å². The first-order valence-electron chi connectivity index (χ1n) is 8.19. The zero-order chi connectivity index (χ0) is 14.1. The molecule has 19 heavy (non-hydrogen) atoms. The Morgan fingerprint density at radius 2 is 1.95 bits per heavy atom. The van der Waals surface area contributed by atoms with Crippen LogP contribution in [0, 0.1) is 0 Å². The first-order chi connectivity index (χ1) is 9.17. The molecule has 0 bridgehead atoms. The molecule has 1 fully saturated rings. The fourth-order valence-corrected chi connectivity index (χ4v) is 3.62. The summed E-state index contributed by atoms with van der Waals surface area (Å²) >= 11 is 0. The maximum atomic E-state index is 3.85. The molecule has 1 saturated carbocycles. The minimum Gasteiger partial charge on any atom is -0.312 e. The second-order valence-corrected chi connectivity index (χ2v) is 6.28. The molecule has 0 amide bonds. The van der Waals surface area contributed by atoms with E-state index in [4.69, 9.17) is 0 Å². The molecular formula is C17H34N2. The fraction of sp³-hybridized carbons (Fsp3) is 0.882. The van der Waals surface area contributed by atoms with Crippen LogP contribution >= 0.6 is 0 Å². The van der Waals surface area contributed by atoms with Gasteiger partial charge in [-0.25, -0.2) is 0 Å². The number of hydrogen-bond acceptors (Lipinski definition) is 2. The predicted octanol–water partition coefficient (Wildman–Crippen LogP) is 3.98. The van der Waals surface area contributed by atoms with E-state index in [1.54, 1.807) is 0 Å². The lowest BCUT2D eigenvalue weighted by Gasteiger charge is -2.49. The Kier molecular flexibility index (Phi) is 7.70. The van der Waals surface area contributed by atoms with E-state index in [1.807, 2.05) is 0 Å². The van der Waals surface area contributed by atoms with E-state index >= 15 is 0 Å². The number of nitrogens with zero attached hydrogens (tertiary/aromatic N) is 1. The second-order valence-electron chi connectivity index (χ2n) is 6.28. The molecule has 0 aliphatic heterocycles. The molecule has 2 nitrogen and oxygen atoms in total. The van der Waals surface area contributed by atoms with E-state index in [1.165, 1.54) is 51.4 Å². The number of hydrogen-bond donors (Lipinski definition) is 1. The van der Waals surface area contributed by atoms with Gasteiger partial charge in [0.15, 0.2) is 0 Å². The molecule has 0 aromatic rings. The zero-order valence-corrected chi connectivity index (χ0v) is 13.4. The van der Waals surface area contributed by atoms with Gasteiger partial charge in [0.1, 0.15) is 0 Å². The van der Waals surface area contributed by atoms with Gasteiger partial charge in [0, 0.05) is 11.6 Å². The molecule has 0 aromatic heterocycles. The lowest BCUT2D eigenvalue weighted by atomic mass is 9.73. The number of rotatable bonds is 9. The number of likely N-dealkylation sites (N-methyl/N-ethyl adjacent to an activating group) is 1. The Balaban J connectivity index is 2.73. The Bertz CT molecular complexity index is 242. The van der Waals surface area contributed by atoms with E-state index in [0.717, 1.165) is 13.0 Å². The van der Waals surface area contributed by atoms with Gasteiger partial charge in [0.2, 0.25) is 0 Å². The number of nitrogens with one attached hydrogen (secondary N) is 1. The minimum atomic E-state index is 0.384. The normalized spacial score (nSPS) is 20.4. The van der Waals surface area contributed by atoms with Crippen molar-refractivity contribution in [3.05, 3.63) is 12.7 Å². The van der Waals surface area contributed by atoms with Crippen LogP contribution in [0.5, 0.6) is 0 Å². The molecule has 1 aliphatic rings. The highest BCUT2D eigenvalue weighted by Crippen LogP contribution is 2.36. The van der Waals surface area contributed by atoms with E-state index in [2.05, 4.69) is 43.9 Å². The maximum absolute atomic E-state index is 3.85. The molecular weight excluding hydrogens is 232 g/mol. The lowest BCUT2D eigenvalue weighted by Crippen LogP contribution is -2.60. The van der Waals surface area contributed by atoms with Gasteiger partial charge in [-0.05, 0) is 59.2 Å². The summed E-state index contributed by atoms with van der Waals surface area (Å²) in [5, 5.41) is 3.84. The Morgan fingerprint density at radius 3 is 2.47 bits per heavy atom. The highest BCUT2D eigenvalue weighted by molar-refractivity contribution is 5.00. The van der Waals surface area contributed by atoms with Crippen molar-refractivity contribution in [3.8, 4) is 0 Å². The summed E-state index contributed by atoms with van der Waals surface area (Å²) in [7, 11) is 4.55. The smallest absolute Gasteiger partial charge is 0.0356 e. The Hall–Kier alpha value is -0.340.